The molecule has 2 aliphatic carbocycles. The highest BCUT2D eigenvalue weighted by Crippen LogP contribution is 2.41. The number of ether oxygens (including phenoxy) is 2. The van der Waals surface area contributed by atoms with Crippen molar-refractivity contribution in [3.8, 4) is 11.5 Å². The van der Waals surface area contributed by atoms with Crippen LogP contribution in [0.2, 0.25) is 0 Å². The van der Waals surface area contributed by atoms with E-state index in [4.69, 9.17) is 20.9 Å². The van der Waals surface area contributed by atoms with Crippen molar-refractivity contribution < 1.29 is 9.47 Å². The first-order chi connectivity index (χ1) is 19.3. The highest BCUT2D eigenvalue weighted by atomic mass is 16.5. The molecule has 0 amide bonds. The van der Waals surface area contributed by atoms with Crippen molar-refractivity contribution in [3.63, 3.8) is 0 Å². The van der Waals surface area contributed by atoms with Crippen LogP contribution >= 0.6 is 0 Å². The van der Waals surface area contributed by atoms with Crippen molar-refractivity contribution in [2.75, 3.05) is 11.5 Å². The standard InChI is InChI=1S/C36H36N2O2/c1-23(2)35-31(10-6-12-33(35)39-29-18-14-27(37)15-19-29)25-8-5-9-26(22-25)32-11-7-13-34(36(32)24(3)4)40-30-20-16-28(38)17-21-30/h5-22,31-32H,37-38H2,1-4H3. The van der Waals surface area contributed by atoms with E-state index in [-0.39, 0.29) is 11.8 Å². The SMILES string of the molecule is CC(C)=C1C(Oc2ccc(N)cc2)=CC=CC1c1cccc(C2C=CC=C(Oc3ccc(N)cc3)C2=C(C)C)c1. The molecule has 202 valence electrons. The summed E-state index contributed by atoms with van der Waals surface area (Å²) in [5, 5.41) is 0. The number of hydrogen-bond acceptors (Lipinski definition) is 4. The average molecular weight is 529 g/mol. The Morgan fingerprint density at radius 2 is 0.975 bits per heavy atom. The van der Waals surface area contributed by atoms with Crippen molar-refractivity contribution in [3.05, 3.63) is 154 Å². The quantitative estimate of drug-likeness (QED) is 0.314. The molecule has 0 fully saturated rings. The van der Waals surface area contributed by atoms with Gasteiger partial charge in [-0.1, -0.05) is 59.7 Å². The summed E-state index contributed by atoms with van der Waals surface area (Å²) in [6.45, 7) is 8.56. The van der Waals surface area contributed by atoms with Crippen LogP contribution in [-0.2, 0) is 0 Å². The Labute approximate surface area is 237 Å². The molecule has 4 N–H and O–H groups in total. The van der Waals surface area contributed by atoms with E-state index in [9.17, 15) is 0 Å². The summed E-state index contributed by atoms with van der Waals surface area (Å²) in [6, 6.07) is 23.9. The van der Waals surface area contributed by atoms with Gasteiger partial charge in [-0.2, -0.15) is 0 Å². The van der Waals surface area contributed by atoms with Gasteiger partial charge in [-0.3, -0.25) is 0 Å². The number of nitrogen functional groups attached to an aromatic ring is 2. The molecule has 2 unspecified atom stereocenters. The van der Waals surface area contributed by atoms with Gasteiger partial charge in [0, 0.05) is 34.4 Å². The largest absolute Gasteiger partial charge is 0.457 e. The summed E-state index contributed by atoms with van der Waals surface area (Å²) >= 11 is 0. The van der Waals surface area contributed by atoms with Crippen molar-refractivity contribution in [1.82, 2.24) is 0 Å². The van der Waals surface area contributed by atoms with Crippen LogP contribution in [0.1, 0.15) is 50.7 Å². The smallest absolute Gasteiger partial charge is 0.131 e. The van der Waals surface area contributed by atoms with Crippen molar-refractivity contribution in [2.45, 2.75) is 39.5 Å². The van der Waals surface area contributed by atoms with E-state index in [0.717, 1.165) is 23.0 Å². The van der Waals surface area contributed by atoms with Crippen LogP contribution in [0.3, 0.4) is 0 Å². The zero-order valence-corrected chi connectivity index (χ0v) is 23.5. The van der Waals surface area contributed by atoms with Crippen LogP contribution in [0, 0.1) is 0 Å². The minimum atomic E-state index is 0.0718. The lowest BCUT2D eigenvalue weighted by atomic mass is 9.80. The summed E-state index contributed by atoms with van der Waals surface area (Å²) in [7, 11) is 0. The molecule has 2 atom stereocenters. The number of nitrogens with two attached hydrogens (primary N) is 2. The third-order valence-corrected chi connectivity index (χ3v) is 7.18. The van der Waals surface area contributed by atoms with Gasteiger partial charge >= 0.3 is 0 Å². The first-order valence-electron chi connectivity index (χ1n) is 13.6. The summed E-state index contributed by atoms with van der Waals surface area (Å²) in [5.74, 6) is 3.38. The summed E-state index contributed by atoms with van der Waals surface area (Å²) < 4.78 is 12.7. The van der Waals surface area contributed by atoms with Crippen LogP contribution in [0.5, 0.6) is 11.5 Å². The average Bonchev–Trinajstić information content (AvgIpc) is 2.95. The van der Waals surface area contributed by atoms with E-state index in [2.05, 4.69) is 76.3 Å². The predicted octanol–water partition coefficient (Wildman–Crippen LogP) is 8.76. The topological polar surface area (TPSA) is 70.5 Å². The van der Waals surface area contributed by atoms with Crippen LogP contribution in [-0.4, -0.2) is 0 Å². The normalized spacial score (nSPS) is 18.2. The molecule has 0 saturated carbocycles. The molecule has 0 aliphatic heterocycles. The van der Waals surface area contributed by atoms with E-state index in [0.29, 0.717) is 11.4 Å². The zero-order chi connectivity index (χ0) is 28.2. The highest BCUT2D eigenvalue weighted by molar-refractivity contribution is 5.55. The predicted molar refractivity (Wildman–Crippen MR) is 166 cm³/mol. The molecule has 0 aromatic heterocycles. The molecular formula is C36H36N2O2. The van der Waals surface area contributed by atoms with Gasteiger partial charge < -0.3 is 20.9 Å². The Morgan fingerprint density at radius 3 is 1.35 bits per heavy atom. The maximum Gasteiger partial charge on any atom is 0.131 e. The Morgan fingerprint density at radius 1 is 0.575 bits per heavy atom. The van der Waals surface area contributed by atoms with Crippen LogP contribution < -0.4 is 20.9 Å². The van der Waals surface area contributed by atoms with Gasteiger partial charge in [0.1, 0.15) is 23.0 Å². The zero-order valence-electron chi connectivity index (χ0n) is 23.5. The molecule has 0 heterocycles. The second-order valence-corrected chi connectivity index (χ2v) is 10.6. The molecule has 0 spiro atoms. The second-order valence-electron chi connectivity index (χ2n) is 10.6. The maximum absolute atomic E-state index is 6.36. The fourth-order valence-electron chi connectivity index (χ4n) is 5.31. The van der Waals surface area contributed by atoms with Crippen molar-refractivity contribution in [2.24, 2.45) is 0 Å². The number of hydrogen-bond donors (Lipinski definition) is 2. The van der Waals surface area contributed by atoms with Crippen LogP contribution in [0.15, 0.2) is 143 Å². The van der Waals surface area contributed by atoms with E-state index in [1.807, 2.05) is 60.7 Å². The Kier molecular flexibility index (Phi) is 7.79. The molecule has 4 nitrogen and oxygen atoms in total. The molecular weight excluding hydrogens is 492 g/mol. The molecule has 3 aromatic rings. The van der Waals surface area contributed by atoms with E-state index >= 15 is 0 Å². The molecule has 0 saturated heterocycles. The monoisotopic (exact) mass is 528 g/mol. The molecule has 40 heavy (non-hydrogen) atoms. The number of benzene rings is 3. The summed E-state index contributed by atoms with van der Waals surface area (Å²) in [6.07, 6.45) is 12.7. The van der Waals surface area contributed by atoms with Crippen LogP contribution in [0.25, 0.3) is 0 Å². The molecule has 0 bridgehead atoms. The lowest BCUT2D eigenvalue weighted by molar-refractivity contribution is 0.428. The van der Waals surface area contributed by atoms with Gasteiger partial charge in [-0.15, -0.1) is 0 Å². The van der Waals surface area contributed by atoms with Gasteiger partial charge in [-0.05, 0) is 99.5 Å². The summed E-state index contributed by atoms with van der Waals surface area (Å²) in [5.41, 5.74) is 20.4. The number of allylic oxidation sites excluding steroid dienone is 10. The third kappa shape index (κ3) is 5.81. The highest BCUT2D eigenvalue weighted by Gasteiger charge is 2.26. The Balaban J connectivity index is 1.44. The van der Waals surface area contributed by atoms with E-state index in [1.54, 1.807) is 0 Å². The Bertz CT molecular complexity index is 1460. The Hall–Kier alpha value is -4.70. The van der Waals surface area contributed by atoms with Crippen molar-refractivity contribution >= 4 is 11.4 Å². The summed E-state index contributed by atoms with van der Waals surface area (Å²) in [4.78, 5) is 0. The fraction of sp³-hybridized carbons (Fsp3) is 0.167. The van der Waals surface area contributed by atoms with E-state index in [1.165, 1.54) is 33.4 Å². The minimum Gasteiger partial charge on any atom is -0.457 e. The van der Waals surface area contributed by atoms with Gasteiger partial charge in [0.05, 0.1) is 0 Å². The molecule has 5 rings (SSSR count). The van der Waals surface area contributed by atoms with Gasteiger partial charge in [0.15, 0.2) is 0 Å². The molecule has 4 heteroatoms. The van der Waals surface area contributed by atoms with Crippen LogP contribution in [0.4, 0.5) is 11.4 Å². The maximum atomic E-state index is 6.36. The van der Waals surface area contributed by atoms with E-state index < -0.39 is 0 Å². The lowest BCUT2D eigenvalue weighted by Crippen LogP contribution is -2.14. The number of rotatable bonds is 6. The first-order valence-corrected chi connectivity index (χ1v) is 13.6. The first kappa shape index (κ1) is 26.9. The minimum absolute atomic E-state index is 0.0718. The lowest BCUT2D eigenvalue weighted by Gasteiger charge is -2.28. The van der Waals surface area contributed by atoms with Crippen molar-refractivity contribution in [1.29, 1.82) is 0 Å². The molecule has 0 radical (unpaired) electrons. The molecule has 2 aliphatic rings. The second kappa shape index (κ2) is 11.6. The van der Waals surface area contributed by atoms with Gasteiger partial charge in [0.2, 0.25) is 0 Å². The number of anilines is 2. The van der Waals surface area contributed by atoms with Gasteiger partial charge in [-0.25, -0.2) is 0 Å². The molecule has 3 aromatic carbocycles. The fourth-order valence-corrected chi connectivity index (χ4v) is 5.31. The third-order valence-electron chi connectivity index (χ3n) is 7.18. The van der Waals surface area contributed by atoms with Gasteiger partial charge in [0.25, 0.3) is 0 Å².